The Morgan fingerprint density at radius 1 is 1.67 bits per heavy atom. The predicted molar refractivity (Wildman–Crippen MR) is 48.1 cm³/mol. The molecule has 1 rings (SSSR count). The minimum absolute atomic E-state index is 0.146. The molecule has 1 saturated heterocycles. The van der Waals surface area contributed by atoms with Crippen LogP contribution in [0.2, 0.25) is 0 Å². The Balaban J connectivity index is 2.61. The van der Waals surface area contributed by atoms with Crippen molar-refractivity contribution in [3.05, 3.63) is 0 Å². The molecule has 2 nitrogen and oxygen atoms in total. The minimum Gasteiger partial charge on any atom is -0.367 e. The number of carbonyl (C=O) groups is 1. The SMILES string of the molecule is CCC(C)C(=O)C1(C)CCCO1. The van der Waals surface area contributed by atoms with E-state index in [4.69, 9.17) is 4.74 Å². The van der Waals surface area contributed by atoms with E-state index < -0.39 is 5.60 Å². The monoisotopic (exact) mass is 170 g/mol. The van der Waals surface area contributed by atoms with E-state index in [9.17, 15) is 4.79 Å². The Morgan fingerprint density at radius 2 is 2.33 bits per heavy atom. The first kappa shape index (κ1) is 9.72. The first-order valence-electron chi connectivity index (χ1n) is 4.78. The summed E-state index contributed by atoms with van der Waals surface area (Å²) in [6.07, 6.45) is 2.84. The van der Waals surface area contributed by atoms with Crippen LogP contribution < -0.4 is 0 Å². The zero-order valence-electron chi connectivity index (χ0n) is 8.22. The van der Waals surface area contributed by atoms with Crippen molar-refractivity contribution in [2.75, 3.05) is 6.61 Å². The van der Waals surface area contributed by atoms with Crippen LogP contribution in [0.5, 0.6) is 0 Å². The van der Waals surface area contributed by atoms with E-state index in [0.717, 1.165) is 25.9 Å². The lowest BCUT2D eigenvalue weighted by Crippen LogP contribution is -2.38. The lowest BCUT2D eigenvalue weighted by atomic mass is 9.88. The van der Waals surface area contributed by atoms with Gasteiger partial charge in [-0.1, -0.05) is 13.8 Å². The van der Waals surface area contributed by atoms with Gasteiger partial charge in [0, 0.05) is 12.5 Å². The Kier molecular flexibility index (Phi) is 2.89. The molecule has 0 aromatic carbocycles. The Bertz CT molecular complexity index is 169. The fourth-order valence-electron chi connectivity index (χ4n) is 1.68. The van der Waals surface area contributed by atoms with Crippen molar-refractivity contribution in [2.24, 2.45) is 5.92 Å². The molecule has 0 bridgehead atoms. The predicted octanol–water partition coefficient (Wildman–Crippen LogP) is 2.17. The molecule has 0 saturated carbocycles. The molecule has 70 valence electrons. The van der Waals surface area contributed by atoms with Gasteiger partial charge in [-0.3, -0.25) is 4.79 Å². The van der Waals surface area contributed by atoms with Crippen molar-refractivity contribution >= 4 is 5.78 Å². The molecule has 0 aliphatic carbocycles. The highest BCUT2D eigenvalue weighted by molar-refractivity contribution is 5.88. The highest BCUT2D eigenvalue weighted by atomic mass is 16.5. The second-order valence-electron chi connectivity index (χ2n) is 3.86. The molecule has 1 aliphatic rings. The summed E-state index contributed by atoms with van der Waals surface area (Å²) in [5.74, 6) is 0.426. The molecule has 0 spiro atoms. The standard InChI is InChI=1S/C10H18O2/c1-4-8(2)9(11)10(3)6-5-7-12-10/h8H,4-7H2,1-3H3. The second-order valence-corrected chi connectivity index (χ2v) is 3.86. The maximum atomic E-state index is 11.8. The van der Waals surface area contributed by atoms with Crippen molar-refractivity contribution in [1.29, 1.82) is 0 Å². The maximum Gasteiger partial charge on any atom is 0.167 e. The molecule has 2 atom stereocenters. The van der Waals surface area contributed by atoms with Gasteiger partial charge in [0.05, 0.1) is 0 Å². The fourth-order valence-corrected chi connectivity index (χ4v) is 1.68. The van der Waals surface area contributed by atoms with Crippen LogP contribution in [0.15, 0.2) is 0 Å². The third-order valence-corrected chi connectivity index (χ3v) is 2.80. The van der Waals surface area contributed by atoms with E-state index in [0.29, 0.717) is 0 Å². The number of hydrogen-bond donors (Lipinski definition) is 0. The number of hydrogen-bond acceptors (Lipinski definition) is 2. The van der Waals surface area contributed by atoms with Crippen LogP contribution in [-0.4, -0.2) is 18.0 Å². The van der Waals surface area contributed by atoms with Crippen LogP contribution >= 0.6 is 0 Å². The topological polar surface area (TPSA) is 26.3 Å². The van der Waals surface area contributed by atoms with Gasteiger partial charge < -0.3 is 4.74 Å². The average molecular weight is 170 g/mol. The van der Waals surface area contributed by atoms with Crippen LogP contribution in [0.25, 0.3) is 0 Å². The summed E-state index contributed by atoms with van der Waals surface area (Å²) >= 11 is 0. The summed E-state index contributed by atoms with van der Waals surface area (Å²) in [5, 5.41) is 0. The van der Waals surface area contributed by atoms with Crippen LogP contribution in [0.4, 0.5) is 0 Å². The van der Waals surface area contributed by atoms with Gasteiger partial charge in [0.2, 0.25) is 0 Å². The molecule has 2 unspecified atom stereocenters. The third kappa shape index (κ3) is 1.69. The largest absolute Gasteiger partial charge is 0.367 e. The number of ether oxygens (including phenoxy) is 1. The van der Waals surface area contributed by atoms with Gasteiger partial charge in [-0.2, -0.15) is 0 Å². The van der Waals surface area contributed by atoms with E-state index in [2.05, 4.69) is 0 Å². The second kappa shape index (κ2) is 3.56. The van der Waals surface area contributed by atoms with Crippen molar-refractivity contribution in [3.63, 3.8) is 0 Å². The zero-order chi connectivity index (χ0) is 9.19. The molecular weight excluding hydrogens is 152 g/mol. The summed E-state index contributed by atoms with van der Waals surface area (Å²) in [7, 11) is 0. The average Bonchev–Trinajstić information content (AvgIpc) is 2.50. The van der Waals surface area contributed by atoms with Crippen LogP contribution in [0, 0.1) is 5.92 Å². The Labute approximate surface area is 74.3 Å². The quantitative estimate of drug-likeness (QED) is 0.649. The van der Waals surface area contributed by atoms with Crippen LogP contribution in [0.1, 0.15) is 40.0 Å². The highest BCUT2D eigenvalue weighted by Gasteiger charge is 2.39. The van der Waals surface area contributed by atoms with Gasteiger partial charge in [-0.15, -0.1) is 0 Å². The zero-order valence-corrected chi connectivity index (χ0v) is 8.22. The normalized spacial score (nSPS) is 31.9. The van der Waals surface area contributed by atoms with Gasteiger partial charge in [0.15, 0.2) is 5.78 Å². The fraction of sp³-hybridized carbons (Fsp3) is 0.900. The van der Waals surface area contributed by atoms with Crippen molar-refractivity contribution < 1.29 is 9.53 Å². The molecule has 0 N–H and O–H groups in total. The van der Waals surface area contributed by atoms with E-state index in [1.54, 1.807) is 0 Å². The molecule has 1 aliphatic heterocycles. The lowest BCUT2D eigenvalue weighted by Gasteiger charge is -2.24. The molecule has 1 fully saturated rings. The summed E-state index contributed by atoms with van der Waals surface area (Å²) < 4.78 is 5.48. The van der Waals surface area contributed by atoms with E-state index in [1.165, 1.54) is 0 Å². The Morgan fingerprint density at radius 3 is 2.75 bits per heavy atom. The van der Waals surface area contributed by atoms with E-state index >= 15 is 0 Å². The van der Waals surface area contributed by atoms with Gasteiger partial charge in [-0.05, 0) is 26.2 Å². The molecular formula is C10H18O2. The highest BCUT2D eigenvalue weighted by Crippen LogP contribution is 2.29. The van der Waals surface area contributed by atoms with Crippen molar-refractivity contribution in [2.45, 2.75) is 45.6 Å². The third-order valence-electron chi connectivity index (χ3n) is 2.80. The van der Waals surface area contributed by atoms with Crippen molar-refractivity contribution in [3.8, 4) is 0 Å². The molecule has 0 amide bonds. The molecule has 2 heteroatoms. The lowest BCUT2D eigenvalue weighted by molar-refractivity contribution is -0.141. The molecule has 0 aromatic rings. The summed E-state index contributed by atoms with van der Waals surface area (Å²) in [4.78, 5) is 11.8. The van der Waals surface area contributed by atoms with Gasteiger partial charge in [0.25, 0.3) is 0 Å². The molecule has 0 radical (unpaired) electrons. The number of carbonyl (C=O) groups excluding carboxylic acids is 1. The molecule has 12 heavy (non-hydrogen) atoms. The van der Waals surface area contributed by atoms with Crippen LogP contribution in [-0.2, 0) is 9.53 Å². The number of ketones is 1. The minimum atomic E-state index is -0.463. The first-order chi connectivity index (χ1) is 5.60. The van der Waals surface area contributed by atoms with Gasteiger partial charge in [-0.25, -0.2) is 0 Å². The number of Topliss-reactive ketones (excluding diaryl/α,β-unsaturated/α-hetero) is 1. The summed E-state index contributed by atoms with van der Waals surface area (Å²) in [6.45, 7) is 6.70. The molecule has 1 heterocycles. The van der Waals surface area contributed by atoms with E-state index in [-0.39, 0.29) is 11.7 Å². The first-order valence-corrected chi connectivity index (χ1v) is 4.78. The van der Waals surface area contributed by atoms with Crippen molar-refractivity contribution in [1.82, 2.24) is 0 Å². The van der Waals surface area contributed by atoms with Gasteiger partial charge >= 0.3 is 0 Å². The number of rotatable bonds is 3. The Hall–Kier alpha value is -0.370. The van der Waals surface area contributed by atoms with Gasteiger partial charge in [0.1, 0.15) is 5.60 Å². The van der Waals surface area contributed by atoms with E-state index in [1.807, 2.05) is 20.8 Å². The van der Waals surface area contributed by atoms with Crippen LogP contribution in [0.3, 0.4) is 0 Å². The summed E-state index contributed by atoms with van der Waals surface area (Å²) in [6, 6.07) is 0. The summed E-state index contributed by atoms with van der Waals surface area (Å²) in [5.41, 5.74) is -0.463. The smallest absolute Gasteiger partial charge is 0.167 e. The maximum absolute atomic E-state index is 11.8. The molecule has 0 aromatic heterocycles.